The first-order valence-corrected chi connectivity index (χ1v) is 17.4. The van der Waals surface area contributed by atoms with E-state index in [-0.39, 0.29) is 0 Å². The van der Waals surface area contributed by atoms with Crippen molar-refractivity contribution in [3.63, 3.8) is 0 Å². The minimum Gasteiger partial charge on any atom is -0.299 e. The molecule has 10 rings (SSSR count). The smallest absolute Gasteiger partial charge is 0.234 e. The number of H-pyrrole nitrogens is 1. The molecule has 0 unspecified atom stereocenters. The maximum absolute atomic E-state index is 5.25. The van der Waals surface area contributed by atoms with Gasteiger partial charge in [-0.1, -0.05) is 60.7 Å². The monoisotopic (exact) mass is 680 g/mol. The number of hydrogen-bond donors (Lipinski definition) is 1. The lowest BCUT2D eigenvalue weighted by Gasteiger charge is -2.31. The van der Waals surface area contributed by atoms with E-state index in [1.165, 1.54) is 5.56 Å². The summed E-state index contributed by atoms with van der Waals surface area (Å²) in [5.41, 5.74) is 8.47. The van der Waals surface area contributed by atoms with Crippen LogP contribution in [-0.4, -0.2) is 72.1 Å². The van der Waals surface area contributed by atoms with Gasteiger partial charge in [-0.3, -0.25) is 23.8 Å². The van der Waals surface area contributed by atoms with Crippen LogP contribution in [0, 0.1) is 0 Å². The fourth-order valence-electron chi connectivity index (χ4n) is 7.22. The van der Waals surface area contributed by atoms with Crippen LogP contribution in [0.1, 0.15) is 30.1 Å². The lowest BCUT2D eigenvalue weighted by molar-refractivity contribution is 0.202. The number of aromatic amines is 1. The molecule has 1 aliphatic heterocycles. The average Bonchev–Trinajstić information content (AvgIpc) is 3.98. The van der Waals surface area contributed by atoms with Crippen LogP contribution in [0.5, 0.6) is 0 Å². The molecule has 0 bridgehead atoms. The van der Waals surface area contributed by atoms with Crippen LogP contribution in [0.25, 0.3) is 67.7 Å². The van der Waals surface area contributed by atoms with Crippen LogP contribution in [0.4, 0.5) is 0 Å². The van der Waals surface area contributed by atoms with Gasteiger partial charge in [0.1, 0.15) is 17.2 Å². The molecule has 52 heavy (non-hydrogen) atoms. The van der Waals surface area contributed by atoms with Gasteiger partial charge in [0.25, 0.3) is 0 Å². The van der Waals surface area contributed by atoms with E-state index in [1.54, 1.807) is 12.4 Å². The molecule has 1 aliphatic rings. The summed E-state index contributed by atoms with van der Waals surface area (Å²) in [5, 5.41) is 17.7. The van der Waals surface area contributed by atoms with E-state index in [0.29, 0.717) is 29.0 Å². The van der Waals surface area contributed by atoms with Crippen LogP contribution in [0.3, 0.4) is 0 Å². The molecule has 12 heteroatoms. The highest BCUT2D eigenvalue weighted by atomic mass is 15.3. The third kappa shape index (κ3) is 5.46. The topological polar surface area (TPSA) is 131 Å². The van der Waals surface area contributed by atoms with E-state index >= 15 is 0 Å². The molecular weight excluding hydrogens is 649 g/mol. The first kappa shape index (κ1) is 30.2. The molecule has 0 saturated carbocycles. The Kier molecular flexibility index (Phi) is 7.31. The number of rotatable bonds is 7. The van der Waals surface area contributed by atoms with Crippen molar-refractivity contribution in [1.82, 2.24) is 59.0 Å². The molecule has 1 saturated heterocycles. The Morgan fingerprint density at radius 1 is 0.731 bits per heavy atom. The van der Waals surface area contributed by atoms with Crippen molar-refractivity contribution < 1.29 is 0 Å². The van der Waals surface area contributed by atoms with Gasteiger partial charge in [0.15, 0.2) is 17.3 Å². The maximum Gasteiger partial charge on any atom is 0.234 e. The van der Waals surface area contributed by atoms with Gasteiger partial charge < -0.3 is 0 Å². The predicted octanol–water partition coefficient (Wildman–Crippen LogP) is 6.88. The zero-order valence-corrected chi connectivity index (χ0v) is 28.1. The molecule has 0 radical (unpaired) electrons. The third-order valence-electron chi connectivity index (χ3n) is 9.92. The number of likely N-dealkylation sites (tertiary alicyclic amines) is 1. The quantitative estimate of drug-likeness (QED) is 0.191. The zero-order valence-electron chi connectivity index (χ0n) is 28.1. The second kappa shape index (κ2) is 12.6. The highest BCUT2D eigenvalue weighted by Crippen LogP contribution is 2.35. The van der Waals surface area contributed by atoms with Gasteiger partial charge in [-0.15, -0.1) is 10.2 Å². The van der Waals surface area contributed by atoms with Crippen LogP contribution >= 0.6 is 0 Å². The van der Waals surface area contributed by atoms with Gasteiger partial charge in [-0.2, -0.15) is 5.10 Å². The molecular formula is C40H32N12. The zero-order chi connectivity index (χ0) is 34.4. The van der Waals surface area contributed by atoms with Crippen LogP contribution in [-0.2, 0) is 6.54 Å². The largest absolute Gasteiger partial charge is 0.299 e. The number of benzene rings is 2. The van der Waals surface area contributed by atoms with Gasteiger partial charge >= 0.3 is 0 Å². The average molecular weight is 681 g/mol. The summed E-state index contributed by atoms with van der Waals surface area (Å²) < 4.78 is 3.86. The van der Waals surface area contributed by atoms with E-state index in [2.05, 4.69) is 94.8 Å². The summed E-state index contributed by atoms with van der Waals surface area (Å²) in [6.07, 6.45) is 11.4. The molecule has 0 spiro atoms. The molecule has 12 nitrogen and oxygen atoms in total. The van der Waals surface area contributed by atoms with Crippen molar-refractivity contribution in [2.75, 3.05) is 13.1 Å². The maximum atomic E-state index is 5.25. The minimum atomic E-state index is 0.368. The second-order valence-electron chi connectivity index (χ2n) is 13.2. The molecule has 2 aromatic carbocycles. The second-order valence-corrected chi connectivity index (χ2v) is 13.2. The van der Waals surface area contributed by atoms with Gasteiger partial charge in [0.05, 0.1) is 11.2 Å². The van der Waals surface area contributed by atoms with Crippen molar-refractivity contribution in [3.8, 4) is 45.4 Å². The van der Waals surface area contributed by atoms with E-state index in [1.807, 2.05) is 63.8 Å². The Hall–Kier alpha value is -6.66. The van der Waals surface area contributed by atoms with Crippen molar-refractivity contribution >= 4 is 22.3 Å². The highest BCUT2D eigenvalue weighted by Gasteiger charge is 2.24. The predicted molar refractivity (Wildman–Crippen MR) is 198 cm³/mol. The summed E-state index contributed by atoms with van der Waals surface area (Å²) in [7, 11) is 0. The summed E-state index contributed by atoms with van der Waals surface area (Å²) in [5.74, 6) is 3.25. The van der Waals surface area contributed by atoms with Crippen LogP contribution in [0.15, 0.2) is 122 Å². The Morgan fingerprint density at radius 2 is 1.58 bits per heavy atom. The Morgan fingerprint density at radius 3 is 2.40 bits per heavy atom. The molecule has 8 heterocycles. The number of hydrogen-bond acceptors (Lipinski definition) is 9. The molecule has 0 atom stereocenters. The Bertz CT molecular complexity index is 2640. The third-order valence-corrected chi connectivity index (χ3v) is 9.92. The molecule has 1 fully saturated rings. The summed E-state index contributed by atoms with van der Waals surface area (Å²) >= 11 is 0. The van der Waals surface area contributed by atoms with Crippen LogP contribution < -0.4 is 0 Å². The minimum absolute atomic E-state index is 0.368. The van der Waals surface area contributed by atoms with Crippen molar-refractivity contribution in [2.45, 2.75) is 25.3 Å². The van der Waals surface area contributed by atoms with Crippen molar-refractivity contribution in [2.24, 2.45) is 0 Å². The van der Waals surface area contributed by atoms with Gasteiger partial charge in [-0.05, 0) is 67.4 Å². The first-order chi connectivity index (χ1) is 25.7. The lowest BCUT2D eigenvalue weighted by atomic mass is 9.95. The number of imidazole rings is 1. The number of fused-ring (bicyclic) bond motifs is 4. The van der Waals surface area contributed by atoms with Crippen molar-refractivity contribution in [1.29, 1.82) is 0 Å². The van der Waals surface area contributed by atoms with E-state index in [4.69, 9.17) is 9.97 Å². The molecule has 0 aliphatic carbocycles. The Balaban J connectivity index is 0.911. The number of pyridine rings is 3. The molecule has 0 amide bonds. The number of aromatic nitrogens is 11. The first-order valence-electron chi connectivity index (χ1n) is 17.4. The number of nitrogens with one attached hydrogen (secondary N) is 1. The summed E-state index contributed by atoms with van der Waals surface area (Å²) in [6.45, 7) is 2.90. The van der Waals surface area contributed by atoms with E-state index in [9.17, 15) is 0 Å². The fraction of sp³-hybridized carbons (Fsp3) is 0.150. The number of piperidine rings is 1. The Labute approximate surface area is 297 Å². The molecule has 252 valence electrons. The van der Waals surface area contributed by atoms with Gasteiger partial charge in [-0.25, -0.2) is 19.9 Å². The highest BCUT2D eigenvalue weighted by molar-refractivity contribution is 5.98. The molecule has 9 aromatic rings. The lowest BCUT2D eigenvalue weighted by Crippen LogP contribution is -2.32. The van der Waals surface area contributed by atoms with Gasteiger partial charge in [0, 0.05) is 60.0 Å². The summed E-state index contributed by atoms with van der Waals surface area (Å²) in [4.78, 5) is 26.0. The van der Waals surface area contributed by atoms with E-state index in [0.717, 1.165) is 82.9 Å². The van der Waals surface area contributed by atoms with E-state index < -0.39 is 0 Å². The summed E-state index contributed by atoms with van der Waals surface area (Å²) in [6, 6.07) is 31.2. The molecule has 1 N–H and O–H groups in total. The van der Waals surface area contributed by atoms with Gasteiger partial charge in [0.2, 0.25) is 5.78 Å². The number of nitrogens with zero attached hydrogens (tertiary/aromatic N) is 11. The standard InChI is InChI=1S/C40H32N12/c1-2-7-27(8-3-1)30-23-31-32(16-22-52-38(31)48-49-39(52)34-25-51-19-6-18-42-40(51)44-34)43-35(30)28-12-10-26(11-13-28)24-50-20-14-29(15-21-50)36-45-37(47-46-36)33-9-4-5-17-41-33/h1-13,16-19,22-23,25,29H,14-15,20-21,24H2,(H,45,46,47). The van der Waals surface area contributed by atoms with Crippen molar-refractivity contribution in [3.05, 3.63) is 133 Å². The SMILES string of the molecule is c1ccc(-c2cc3c(ccn4c(-c5cn6cccnc6n5)nnc34)nc2-c2ccc(CN3CCC(c4nc(-c5ccccn5)n[nH]4)CC3)cc2)cc1. The van der Waals surface area contributed by atoms with Crippen LogP contribution in [0.2, 0.25) is 0 Å². The fourth-order valence-corrected chi connectivity index (χ4v) is 7.22. The normalized spacial score (nSPS) is 14.2. The molecule has 7 aromatic heterocycles.